The molecular weight excluding hydrogens is 418 g/mol. The Kier molecular flexibility index (Phi) is 6.74. The van der Waals surface area contributed by atoms with Crippen LogP contribution in [0.4, 0.5) is 11.4 Å². The fraction of sp³-hybridized carbons (Fsp3) is 0.320. The van der Waals surface area contributed by atoms with Gasteiger partial charge in [0.1, 0.15) is 11.5 Å². The van der Waals surface area contributed by atoms with Crippen molar-refractivity contribution < 1.29 is 14.2 Å². The van der Waals surface area contributed by atoms with E-state index in [1.54, 1.807) is 31.3 Å². The van der Waals surface area contributed by atoms with Crippen LogP contribution >= 0.6 is 0 Å². The minimum Gasteiger partial charge on any atom is -0.497 e. The van der Waals surface area contributed by atoms with Gasteiger partial charge in [0.15, 0.2) is 0 Å². The molecule has 0 saturated heterocycles. The zero-order valence-corrected chi connectivity index (χ0v) is 19.6. The van der Waals surface area contributed by atoms with E-state index < -0.39 is 0 Å². The minimum atomic E-state index is 0.0497. The number of fused-ring (bicyclic) bond motifs is 1. The molecule has 0 aliphatic carbocycles. The average molecular weight is 448 g/mol. The van der Waals surface area contributed by atoms with Gasteiger partial charge in [-0.25, -0.2) is 4.98 Å². The summed E-state index contributed by atoms with van der Waals surface area (Å²) < 4.78 is 18.5. The van der Waals surface area contributed by atoms with Crippen LogP contribution in [0.2, 0.25) is 0 Å². The van der Waals surface area contributed by atoms with Crippen molar-refractivity contribution in [3.63, 3.8) is 0 Å². The summed E-state index contributed by atoms with van der Waals surface area (Å²) in [7, 11) is 5.19. The lowest BCUT2D eigenvalue weighted by Gasteiger charge is -2.32. The first-order chi connectivity index (χ1) is 16.0. The SMILES string of the molecule is CCOCC(C)N(c1cc(OC)cc(OC)c1)c1ccc2ncc(-c3cnn(C)c3)nc2c1. The lowest BCUT2D eigenvalue weighted by molar-refractivity contribution is 0.137. The second-order valence-corrected chi connectivity index (χ2v) is 7.78. The van der Waals surface area contributed by atoms with Crippen LogP contribution in [-0.2, 0) is 11.8 Å². The van der Waals surface area contributed by atoms with Gasteiger partial charge in [-0.05, 0) is 32.0 Å². The molecule has 1 unspecified atom stereocenters. The van der Waals surface area contributed by atoms with Crippen LogP contribution in [0.3, 0.4) is 0 Å². The summed E-state index contributed by atoms with van der Waals surface area (Å²) in [6, 6.07) is 12.0. The van der Waals surface area contributed by atoms with Crippen molar-refractivity contribution in [2.75, 3.05) is 32.3 Å². The molecule has 2 aromatic heterocycles. The molecule has 0 aliphatic rings. The van der Waals surface area contributed by atoms with Crippen molar-refractivity contribution in [3.05, 3.63) is 55.0 Å². The lowest BCUT2D eigenvalue weighted by Crippen LogP contribution is -2.32. The highest BCUT2D eigenvalue weighted by molar-refractivity contribution is 5.83. The number of nitrogens with zero attached hydrogens (tertiary/aromatic N) is 5. The molecule has 33 heavy (non-hydrogen) atoms. The maximum atomic E-state index is 5.76. The van der Waals surface area contributed by atoms with Crippen LogP contribution < -0.4 is 14.4 Å². The summed E-state index contributed by atoms with van der Waals surface area (Å²) in [5.41, 5.74) is 5.25. The fourth-order valence-electron chi connectivity index (χ4n) is 3.79. The molecule has 0 spiro atoms. The smallest absolute Gasteiger partial charge is 0.124 e. The number of aromatic nitrogens is 4. The first-order valence-corrected chi connectivity index (χ1v) is 10.9. The van der Waals surface area contributed by atoms with Crippen molar-refractivity contribution >= 4 is 22.4 Å². The molecule has 172 valence electrons. The van der Waals surface area contributed by atoms with E-state index >= 15 is 0 Å². The largest absolute Gasteiger partial charge is 0.497 e. The number of aryl methyl sites for hydroxylation is 1. The van der Waals surface area contributed by atoms with Gasteiger partial charge in [-0.3, -0.25) is 9.67 Å². The highest BCUT2D eigenvalue weighted by atomic mass is 16.5. The van der Waals surface area contributed by atoms with Gasteiger partial charge in [0.05, 0.1) is 56.0 Å². The molecular formula is C25H29N5O3. The number of ether oxygens (including phenoxy) is 3. The first-order valence-electron chi connectivity index (χ1n) is 10.9. The Bertz CT molecular complexity index is 1220. The molecule has 2 aromatic carbocycles. The normalized spacial score (nSPS) is 12.0. The van der Waals surface area contributed by atoms with E-state index in [0.717, 1.165) is 45.2 Å². The molecule has 0 saturated carbocycles. The number of methoxy groups -OCH3 is 2. The van der Waals surface area contributed by atoms with Crippen LogP contribution in [0, 0.1) is 0 Å². The number of benzene rings is 2. The Labute approximate surface area is 193 Å². The van der Waals surface area contributed by atoms with Crippen molar-refractivity contribution in [1.82, 2.24) is 19.7 Å². The van der Waals surface area contributed by atoms with Gasteiger partial charge in [-0.2, -0.15) is 5.10 Å². The molecule has 4 aromatic rings. The maximum absolute atomic E-state index is 5.76. The van der Waals surface area contributed by atoms with E-state index in [2.05, 4.69) is 34.0 Å². The molecule has 8 heteroatoms. The van der Waals surface area contributed by atoms with Crippen LogP contribution in [0.15, 0.2) is 55.0 Å². The third-order valence-corrected chi connectivity index (χ3v) is 5.42. The highest BCUT2D eigenvalue weighted by Crippen LogP contribution is 2.35. The first kappa shape index (κ1) is 22.5. The number of hydrogen-bond donors (Lipinski definition) is 0. The van der Waals surface area contributed by atoms with Gasteiger partial charge in [0.2, 0.25) is 0 Å². The van der Waals surface area contributed by atoms with E-state index in [1.807, 2.05) is 44.4 Å². The van der Waals surface area contributed by atoms with Crippen molar-refractivity contribution in [2.24, 2.45) is 7.05 Å². The molecule has 0 amide bonds. The highest BCUT2D eigenvalue weighted by Gasteiger charge is 2.20. The Morgan fingerprint density at radius 3 is 2.36 bits per heavy atom. The summed E-state index contributed by atoms with van der Waals surface area (Å²) in [6.07, 6.45) is 5.50. The van der Waals surface area contributed by atoms with E-state index in [1.165, 1.54) is 0 Å². The molecule has 0 radical (unpaired) electrons. The number of anilines is 2. The molecule has 8 nitrogen and oxygen atoms in total. The Hall–Kier alpha value is -3.65. The van der Waals surface area contributed by atoms with Gasteiger partial charge in [0.25, 0.3) is 0 Å². The van der Waals surface area contributed by atoms with Crippen LogP contribution in [0.25, 0.3) is 22.3 Å². The third-order valence-electron chi connectivity index (χ3n) is 5.42. The minimum absolute atomic E-state index is 0.0497. The molecule has 0 N–H and O–H groups in total. The van der Waals surface area contributed by atoms with Crippen LogP contribution in [-0.4, -0.2) is 53.2 Å². The Morgan fingerprint density at radius 1 is 0.970 bits per heavy atom. The summed E-state index contributed by atoms with van der Waals surface area (Å²) >= 11 is 0. The van der Waals surface area contributed by atoms with Crippen molar-refractivity contribution in [3.8, 4) is 22.8 Å². The predicted molar refractivity (Wildman–Crippen MR) is 129 cm³/mol. The van der Waals surface area contributed by atoms with Crippen molar-refractivity contribution in [1.29, 1.82) is 0 Å². The Balaban J connectivity index is 1.81. The van der Waals surface area contributed by atoms with Gasteiger partial charge in [0, 0.05) is 55.0 Å². The summed E-state index contributed by atoms with van der Waals surface area (Å²) in [4.78, 5) is 11.7. The molecule has 4 rings (SSSR count). The quantitative estimate of drug-likeness (QED) is 0.371. The van der Waals surface area contributed by atoms with Gasteiger partial charge >= 0.3 is 0 Å². The zero-order chi connectivity index (χ0) is 23.4. The monoisotopic (exact) mass is 447 g/mol. The second kappa shape index (κ2) is 9.87. The van der Waals surface area contributed by atoms with Crippen molar-refractivity contribution in [2.45, 2.75) is 19.9 Å². The molecule has 0 bridgehead atoms. The van der Waals surface area contributed by atoms with Gasteiger partial charge < -0.3 is 19.1 Å². The average Bonchev–Trinajstić information content (AvgIpc) is 3.28. The molecule has 0 aliphatic heterocycles. The topological polar surface area (TPSA) is 74.5 Å². The maximum Gasteiger partial charge on any atom is 0.124 e. The summed E-state index contributed by atoms with van der Waals surface area (Å²) in [5, 5.41) is 4.25. The summed E-state index contributed by atoms with van der Waals surface area (Å²) in [5.74, 6) is 1.44. The third kappa shape index (κ3) is 4.90. The number of hydrogen-bond acceptors (Lipinski definition) is 7. The summed E-state index contributed by atoms with van der Waals surface area (Å²) in [6.45, 7) is 5.34. The predicted octanol–water partition coefficient (Wildman–Crippen LogP) is 4.61. The fourth-order valence-corrected chi connectivity index (χ4v) is 3.79. The molecule has 2 heterocycles. The van der Waals surface area contributed by atoms with Gasteiger partial charge in [-0.1, -0.05) is 0 Å². The van der Waals surface area contributed by atoms with E-state index in [9.17, 15) is 0 Å². The standard InChI is InChI=1S/C25H29N5O3/c1-6-33-16-17(2)30(20-9-21(31-4)12-22(10-20)32-5)19-7-8-23-24(11-19)28-25(14-26-23)18-13-27-29(3)15-18/h7-15,17H,6,16H2,1-5H3. The number of rotatable bonds is 9. The Morgan fingerprint density at radius 2 is 1.73 bits per heavy atom. The zero-order valence-electron chi connectivity index (χ0n) is 19.6. The van der Waals surface area contributed by atoms with E-state index in [-0.39, 0.29) is 6.04 Å². The molecule has 1 atom stereocenters. The van der Waals surface area contributed by atoms with Gasteiger partial charge in [-0.15, -0.1) is 0 Å². The van der Waals surface area contributed by atoms with E-state index in [4.69, 9.17) is 19.2 Å². The van der Waals surface area contributed by atoms with Crippen LogP contribution in [0.5, 0.6) is 11.5 Å². The molecule has 0 fully saturated rings. The van der Waals surface area contributed by atoms with Crippen LogP contribution in [0.1, 0.15) is 13.8 Å². The second-order valence-electron chi connectivity index (χ2n) is 7.78. The van der Waals surface area contributed by atoms with E-state index in [0.29, 0.717) is 13.2 Å². The lowest BCUT2D eigenvalue weighted by atomic mass is 10.1.